The van der Waals surface area contributed by atoms with E-state index in [0.29, 0.717) is 4.90 Å². The Morgan fingerprint density at radius 2 is 1.75 bits per heavy atom. The molecule has 3 nitrogen and oxygen atoms in total. The number of anilines is 2. The van der Waals surface area contributed by atoms with Crippen LogP contribution in [0.25, 0.3) is 0 Å². The first kappa shape index (κ1) is 16.8. The lowest BCUT2D eigenvalue weighted by Gasteiger charge is -2.28. The molecule has 126 valence electrons. The van der Waals surface area contributed by atoms with E-state index in [4.69, 9.17) is 0 Å². The van der Waals surface area contributed by atoms with Gasteiger partial charge in [0.1, 0.15) is 5.82 Å². The molecule has 0 spiro atoms. The second-order valence-corrected chi connectivity index (χ2v) is 6.88. The van der Waals surface area contributed by atoms with Crippen LogP contribution in [0.2, 0.25) is 0 Å². The lowest BCUT2D eigenvalue weighted by Crippen LogP contribution is -2.29. The number of carbonyl (C=O) groups is 1. The first-order valence-electron chi connectivity index (χ1n) is 8.24. The summed E-state index contributed by atoms with van der Waals surface area (Å²) in [6, 6.07) is 14.4. The normalized spacial score (nSPS) is 14.5. The molecule has 3 rings (SSSR count). The van der Waals surface area contributed by atoms with E-state index in [2.05, 4.69) is 10.2 Å². The average Bonchev–Trinajstić information content (AvgIpc) is 2.62. The SMILES string of the molecule is O=C(CSc1ccccc1F)Nc1ccc(N2CCCCC2)cc1. The predicted octanol–water partition coefficient (Wildman–Crippen LogP) is 4.55. The molecule has 1 saturated heterocycles. The predicted molar refractivity (Wildman–Crippen MR) is 98.3 cm³/mol. The monoisotopic (exact) mass is 344 g/mol. The number of hydrogen-bond donors (Lipinski definition) is 1. The molecule has 0 aliphatic carbocycles. The van der Waals surface area contributed by atoms with Crippen LogP contribution in [0.4, 0.5) is 15.8 Å². The van der Waals surface area contributed by atoms with E-state index in [-0.39, 0.29) is 17.5 Å². The zero-order chi connectivity index (χ0) is 16.8. The second kappa shape index (κ2) is 8.20. The Bertz CT molecular complexity index is 684. The topological polar surface area (TPSA) is 32.3 Å². The average molecular weight is 344 g/mol. The van der Waals surface area contributed by atoms with Gasteiger partial charge in [0.2, 0.25) is 5.91 Å². The van der Waals surface area contributed by atoms with Crippen LogP contribution in [0.5, 0.6) is 0 Å². The molecule has 1 aliphatic heterocycles. The van der Waals surface area contributed by atoms with E-state index in [1.807, 2.05) is 24.3 Å². The van der Waals surface area contributed by atoms with Crippen molar-refractivity contribution >= 4 is 29.0 Å². The van der Waals surface area contributed by atoms with Gasteiger partial charge in [-0.25, -0.2) is 4.39 Å². The third-order valence-corrected chi connectivity index (χ3v) is 5.12. The molecule has 5 heteroatoms. The van der Waals surface area contributed by atoms with Crippen molar-refractivity contribution in [2.75, 3.05) is 29.1 Å². The molecular weight excluding hydrogens is 323 g/mol. The molecule has 24 heavy (non-hydrogen) atoms. The van der Waals surface area contributed by atoms with E-state index in [9.17, 15) is 9.18 Å². The van der Waals surface area contributed by atoms with Gasteiger partial charge in [0, 0.05) is 29.4 Å². The Morgan fingerprint density at radius 1 is 1.04 bits per heavy atom. The molecule has 0 atom stereocenters. The van der Waals surface area contributed by atoms with Crippen LogP contribution in [0.15, 0.2) is 53.4 Å². The van der Waals surface area contributed by atoms with Gasteiger partial charge in [-0.05, 0) is 55.7 Å². The Morgan fingerprint density at radius 3 is 2.46 bits per heavy atom. The minimum absolute atomic E-state index is 0.131. The van der Waals surface area contributed by atoms with Gasteiger partial charge in [0.15, 0.2) is 0 Å². The Labute approximate surface area is 146 Å². The van der Waals surface area contributed by atoms with Gasteiger partial charge in [-0.15, -0.1) is 11.8 Å². The van der Waals surface area contributed by atoms with Crippen LogP contribution in [-0.4, -0.2) is 24.7 Å². The first-order chi connectivity index (χ1) is 11.7. The lowest BCUT2D eigenvalue weighted by molar-refractivity contribution is -0.113. The van der Waals surface area contributed by atoms with Gasteiger partial charge in [-0.1, -0.05) is 12.1 Å². The number of benzene rings is 2. The van der Waals surface area contributed by atoms with Gasteiger partial charge in [0.05, 0.1) is 5.75 Å². The highest BCUT2D eigenvalue weighted by Gasteiger charge is 2.11. The van der Waals surface area contributed by atoms with Crippen LogP contribution in [0.3, 0.4) is 0 Å². The minimum atomic E-state index is -0.291. The molecule has 0 bridgehead atoms. The first-order valence-corrected chi connectivity index (χ1v) is 9.23. The summed E-state index contributed by atoms with van der Waals surface area (Å²) in [5.74, 6) is -0.232. The Kier molecular flexibility index (Phi) is 5.75. The second-order valence-electron chi connectivity index (χ2n) is 5.86. The zero-order valence-electron chi connectivity index (χ0n) is 13.5. The zero-order valence-corrected chi connectivity index (χ0v) is 14.3. The van der Waals surface area contributed by atoms with Crippen LogP contribution < -0.4 is 10.2 Å². The fourth-order valence-electron chi connectivity index (χ4n) is 2.81. The summed E-state index contributed by atoms with van der Waals surface area (Å²) in [5, 5.41) is 2.86. The summed E-state index contributed by atoms with van der Waals surface area (Å²) in [5.41, 5.74) is 1.98. The number of halogens is 1. The van der Waals surface area contributed by atoms with Gasteiger partial charge in [-0.2, -0.15) is 0 Å². The number of rotatable bonds is 5. The van der Waals surface area contributed by atoms with E-state index in [0.717, 1.165) is 18.8 Å². The highest BCUT2D eigenvalue weighted by molar-refractivity contribution is 8.00. The molecule has 1 fully saturated rings. The van der Waals surface area contributed by atoms with Crippen molar-refractivity contribution < 1.29 is 9.18 Å². The van der Waals surface area contributed by atoms with E-state index < -0.39 is 0 Å². The lowest BCUT2D eigenvalue weighted by atomic mass is 10.1. The van der Waals surface area contributed by atoms with Crippen molar-refractivity contribution in [3.8, 4) is 0 Å². The summed E-state index contributed by atoms with van der Waals surface area (Å²) in [7, 11) is 0. The summed E-state index contributed by atoms with van der Waals surface area (Å²) in [6.07, 6.45) is 3.79. The largest absolute Gasteiger partial charge is 0.372 e. The third-order valence-electron chi connectivity index (χ3n) is 4.07. The van der Waals surface area contributed by atoms with Crippen LogP contribution >= 0.6 is 11.8 Å². The Balaban J connectivity index is 1.52. The number of carbonyl (C=O) groups excluding carboxylic acids is 1. The van der Waals surface area contributed by atoms with Gasteiger partial charge < -0.3 is 10.2 Å². The molecule has 1 heterocycles. The summed E-state index contributed by atoms with van der Waals surface area (Å²) in [6.45, 7) is 2.20. The molecule has 1 aliphatic rings. The Hall–Kier alpha value is -2.01. The highest BCUT2D eigenvalue weighted by atomic mass is 32.2. The number of thioether (sulfide) groups is 1. The standard InChI is InChI=1S/C19H21FN2OS/c20-17-6-2-3-7-18(17)24-14-19(23)21-15-8-10-16(11-9-15)22-12-4-1-5-13-22/h2-3,6-11H,1,4-5,12-14H2,(H,21,23). The quantitative estimate of drug-likeness (QED) is 0.808. The van der Waals surface area contributed by atoms with Crippen molar-refractivity contribution in [2.45, 2.75) is 24.2 Å². The van der Waals surface area contributed by atoms with Crippen molar-refractivity contribution in [3.63, 3.8) is 0 Å². The van der Waals surface area contributed by atoms with Crippen molar-refractivity contribution in [2.24, 2.45) is 0 Å². The molecule has 2 aromatic rings. The summed E-state index contributed by atoms with van der Waals surface area (Å²) in [4.78, 5) is 14.9. The molecule has 0 aromatic heterocycles. The van der Waals surface area contributed by atoms with E-state index >= 15 is 0 Å². The van der Waals surface area contributed by atoms with Gasteiger partial charge >= 0.3 is 0 Å². The number of nitrogens with one attached hydrogen (secondary N) is 1. The fraction of sp³-hybridized carbons (Fsp3) is 0.316. The maximum absolute atomic E-state index is 13.5. The maximum atomic E-state index is 13.5. The van der Waals surface area contributed by atoms with Gasteiger partial charge in [0.25, 0.3) is 0 Å². The molecule has 0 saturated carbocycles. The minimum Gasteiger partial charge on any atom is -0.372 e. The molecule has 0 radical (unpaired) electrons. The smallest absolute Gasteiger partial charge is 0.234 e. The van der Waals surface area contributed by atoms with Crippen molar-refractivity contribution in [3.05, 3.63) is 54.3 Å². The summed E-state index contributed by atoms with van der Waals surface area (Å²) < 4.78 is 13.5. The molecule has 1 amide bonds. The third kappa shape index (κ3) is 4.51. The van der Waals surface area contributed by atoms with Crippen molar-refractivity contribution in [1.82, 2.24) is 0 Å². The number of piperidine rings is 1. The van der Waals surface area contributed by atoms with Crippen LogP contribution in [-0.2, 0) is 4.79 Å². The van der Waals surface area contributed by atoms with Gasteiger partial charge in [-0.3, -0.25) is 4.79 Å². The van der Waals surface area contributed by atoms with Crippen LogP contribution in [0.1, 0.15) is 19.3 Å². The molecular formula is C19H21FN2OS. The fourth-order valence-corrected chi connectivity index (χ4v) is 3.55. The maximum Gasteiger partial charge on any atom is 0.234 e. The highest BCUT2D eigenvalue weighted by Crippen LogP contribution is 2.23. The number of amides is 1. The molecule has 0 unspecified atom stereocenters. The van der Waals surface area contributed by atoms with Crippen molar-refractivity contribution in [1.29, 1.82) is 0 Å². The van der Waals surface area contributed by atoms with E-state index in [1.165, 1.54) is 42.8 Å². The summed E-state index contributed by atoms with van der Waals surface area (Å²) >= 11 is 1.20. The van der Waals surface area contributed by atoms with E-state index in [1.54, 1.807) is 18.2 Å². The molecule has 2 aromatic carbocycles. The molecule has 1 N–H and O–H groups in total. The number of hydrogen-bond acceptors (Lipinski definition) is 3. The number of nitrogens with zero attached hydrogens (tertiary/aromatic N) is 1. The van der Waals surface area contributed by atoms with Crippen LogP contribution in [0, 0.1) is 5.82 Å².